The van der Waals surface area contributed by atoms with Crippen molar-refractivity contribution in [1.82, 2.24) is 5.32 Å². The monoisotopic (exact) mass is 294 g/mol. The Morgan fingerprint density at radius 2 is 1.58 bits per heavy atom. The molecule has 0 aliphatic heterocycles. The van der Waals surface area contributed by atoms with Gasteiger partial charge in [-0.15, -0.1) is 0 Å². The summed E-state index contributed by atoms with van der Waals surface area (Å²) >= 11 is 12.4. The third-order valence-corrected chi connectivity index (χ3v) is 3.64. The van der Waals surface area contributed by atoms with Crippen molar-refractivity contribution in [3.8, 4) is 0 Å². The second-order valence-corrected chi connectivity index (χ2v) is 5.10. The Bertz CT molecular complexity index is 509. The summed E-state index contributed by atoms with van der Waals surface area (Å²) in [5, 5.41) is 4.67. The van der Waals surface area contributed by atoms with E-state index in [1.807, 2.05) is 36.4 Å². The summed E-state index contributed by atoms with van der Waals surface area (Å²) in [6.45, 7) is 1.17. The molecule has 0 spiro atoms. The van der Waals surface area contributed by atoms with Gasteiger partial charge >= 0.3 is 0 Å². The summed E-state index contributed by atoms with van der Waals surface area (Å²) < 4.78 is 0. The van der Waals surface area contributed by atoms with Gasteiger partial charge in [0.25, 0.3) is 0 Å². The Balaban J connectivity index is 2.12. The van der Waals surface area contributed by atoms with E-state index < -0.39 is 0 Å². The number of nitrogens with one attached hydrogen (secondary N) is 1. The maximum Gasteiger partial charge on any atom is 0.0476 e. The average Bonchev–Trinajstić information content (AvgIpc) is 2.43. The van der Waals surface area contributed by atoms with Crippen LogP contribution in [0.5, 0.6) is 0 Å². The molecule has 0 heterocycles. The first-order valence-electron chi connectivity index (χ1n) is 6.13. The van der Waals surface area contributed by atoms with Crippen molar-refractivity contribution in [1.29, 1.82) is 0 Å². The summed E-state index contributed by atoms with van der Waals surface area (Å²) in [6.07, 6.45) is 0. The number of hydrogen-bond donors (Lipinski definition) is 2. The molecule has 2 rings (SSSR count). The minimum absolute atomic E-state index is 0.0543. The Kier molecular flexibility index (Phi) is 5.23. The van der Waals surface area contributed by atoms with Gasteiger partial charge in [-0.3, -0.25) is 0 Å². The molecule has 0 saturated carbocycles. The molecular formula is C15H16Cl2N2. The Hall–Kier alpha value is -1.06. The first-order chi connectivity index (χ1) is 9.22. The Labute approximate surface area is 123 Å². The van der Waals surface area contributed by atoms with Crippen molar-refractivity contribution >= 4 is 23.2 Å². The van der Waals surface area contributed by atoms with Crippen molar-refractivity contribution in [2.45, 2.75) is 12.6 Å². The smallest absolute Gasteiger partial charge is 0.0476 e. The standard InChI is InChI=1S/C15H16Cl2N2/c16-12-7-4-8-13(17)15(12)14(9-18)19-10-11-5-2-1-3-6-11/h1-8,14,19H,9-10,18H2. The van der Waals surface area contributed by atoms with Crippen LogP contribution in [0.25, 0.3) is 0 Å². The van der Waals surface area contributed by atoms with E-state index >= 15 is 0 Å². The maximum absolute atomic E-state index is 6.20. The second kappa shape index (κ2) is 6.92. The first-order valence-corrected chi connectivity index (χ1v) is 6.89. The lowest BCUT2D eigenvalue weighted by atomic mass is 10.1. The average molecular weight is 295 g/mol. The summed E-state index contributed by atoms with van der Waals surface area (Å²) in [6, 6.07) is 15.6. The molecule has 2 nitrogen and oxygen atoms in total. The van der Waals surface area contributed by atoms with Crippen LogP contribution in [0.1, 0.15) is 17.2 Å². The van der Waals surface area contributed by atoms with Gasteiger partial charge in [0.2, 0.25) is 0 Å². The van der Waals surface area contributed by atoms with Gasteiger partial charge in [-0.25, -0.2) is 0 Å². The number of halogens is 2. The van der Waals surface area contributed by atoms with Gasteiger partial charge < -0.3 is 11.1 Å². The molecule has 0 aromatic heterocycles. The van der Waals surface area contributed by atoms with Gasteiger partial charge in [-0.05, 0) is 17.7 Å². The van der Waals surface area contributed by atoms with Crippen LogP contribution in [0.15, 0.2) is 48.5 Å². The minimum Gasteiger partial charge on any atom is -0.329 e. The van der Waals surface area contributed by atoms with Crippen LogP contribution in [-0.2, 0) is 6.54 Å². The fraction of sp³-hybridized carbons (Fsp3) is 0.200. The predicted octanol–water partition coefficient (Wildman–Crippen LogP) is 3.78. The zero-order valence-electron chi connectivity index (χ0n) is 10.4. The van der Waals surface area contributed by atoms with E-state index in [-0.39, 0.29) is 6.04 Å². The van der Waals surface area contributed by atoms with E-state index in [1.54, 1.807) is 0 Å². The Morgan fingerprint density at radius 3 is 2.16 bits per heavy atom. The van der Waals surface area contributed by atoms with Crippen LogP contribution in [-0.4, -0.2) is 6.54 Å². The lowest BCUT2D eigenvalue weighted by Gasteiger charge is -2.20. The molecular weight excluding hydrogens is 279 g/mol. The highest BCUT2D eigenvalue weighted by Crippen LogP contribution is 2.29. The zero-order valence-corrected chi connectivity index (χ0v) is 12.0. The highest BCUT2D eigenvalue weighted by atomic mass is 35.5. The second-order valence-electron chi connectivity index (χ2n) is 4.29. The SMILES string of the molecule is NCC(NCc1ccccc1)c1c(Cl)cccc1Cl. The van der Waals surface area contributed by atoms with Crippen molar-refractivity contribution in [3.63, 3.8) is 0 Å². The fourth-order valence-corrected chi connectivity index (χ4v) is 2.64. The van der Waals surface area contributed by atoms with E-state index in [0.717, 1.165) is 12.1 Å². The largest absolute Gasteiger partial charge is 0.329 e. The van der Waals surface area contributed by atoms with Crippen LogP contribution in [0.3, 0.4) is 0 Å². The molecule has 19 heavy (non-hydrogen) atoms. The van der Waals surface area contributed by atoms with Crippen molar-refractivity contribution < 1.29 is 0 Å². The van der Waals surface area contributed by atoms with Gasteiger partial charge in [-0.2, -0.15) is 0 Å². The van der Waals surface area contributed by atoms with E-state index in [1.165, 1.54) is 5.56 Å². The van der Waals surface area contributed by atoms with Crippen molar-refractivity contribution in [2.75, 3.05) is 6.54 Å². The Morgan fingerprint density at radius 1 is 0.947 bits per heavy atom. The highest BCUT2D eigenvalue weighted by molar-refractivity contribution is 6.36. The summed E-state index contributed by atoms with van der Waals surface area (Å²) in [4.78, 5) is 0. The molecule has 0 saturated heterocycles. The fourth-order valence-electron chi connectivity index (χ4n) is 1.98. The third kappa shape index (κ3) is 3.71. The lowest BCUT2D eigenvalue weighted by molar-refractivity contribution is 0.542. The molecule has 2 aromatic carbocycles. The van der Waals surface area contributed by atoms with Gasteiger partial charge in [-0.1, -0.05) is 59.6 Å². The number of nitrogens with two attached hydrogens (primary N) is 1. The van der Waals surface area contributed by atoms with Crippen LogP contribution < -0.4 is 11.1 Å². The molecule has 4 heteroatoms. The molecule has 0 radical (unpaired) electrons. The first kappa shape index (κ1) is 14.4. The van der Waals surface area contributed by atoms with Gasteiger partial charge in [0.05, 0.1) is 0 Å². The summed E-state index contributed by atoms with van der Waals surface area (Å²) in [5.41, 5.74) is 7.89. The predicted molar refractivity (Wildman–Crippen MR) is 81.5 cm³/mol. The number of benzene rings is 2. The van der Waals surface area contributed by atoms with Crippen LogP contribution in [0, 0.1) is 0 Å². The minimum atomic E-state index is -0.0543. The molecule has 0 aliphatic rings. The number of hydrogen-bond acceptors (Lipinski definition) is 2. The van der Waals surface area contributed by atoms with E-state index in [9.17, 15) is 0 Å². The normalized spacial score (nSPS) is 12.4. The molecule has 3 N–H and O–H groups in total. The molecule has 0 bridgehead atoms. The molecule has 1 unspecified atom stereocenters. The van der Waals surface area contributed by atoms with Gasteiger partial charge in [0.15, 0.2) is 0 Å². The molecule has 2 aromatic rings. The van der Waals surface area contributed by atoms with Gasteiger partial charge in [0.1, 0.15) is 0 Å². The van der Waals surface area contributed by atoms with Crippen LogP contribution in [0.2, 0.25) is 10.0 Å². The van der Waals surface area contributed by atoms with Crippen molar-refractivity contribution in [3.05, 3.63) is 69.7 Å². The van der Waals surface area contributed by atoms with Crippen LogP contribution >= 0.6 is 23.2 Å². The van der Waals surface area contributed by atoms with Gasteiger partial charge in [0, 0.05) is 34.7 Å². The van der Waals surface area contributed by atoms with E-state index in [4.69, 9.17) is 28.9 Å². The highest BCUT2D eigenvalue weighted by Gasteiger charge is 2.16. The molecule has 0 amide bonds. The zero-order chi connectivity index (χ0) is 13.7. The van der Waals surface area contributed by atoms with E-state index in [2.05, 4.69) is 17.4 Å². The summed E-state index contributed by atoms with van der Waals surface area (Å²) in [7, 11) is 0. The molecule has 100 valence electrons. The topological polar surface area (TPSA) is 38.0 Å². The maximum atomic E-state index is 6.20. The third-order valence-electron chi connectivity index (χ3n) is 2.98. The molecule has 0 aliphatic carbocycles. The summed E-state index contributed by atoms with van der Waals surface area (Å²) in [5.74, 6) is 0. The van der Waals surface area contributed by atoms with E-state index in [0.29, 0.717) is 16.6 Å². The number of rotatable bonds is 5. The molecule has 0 fully saturated rings. The quantitative estimate of drug-likeness (QED) is 0.881. The van der Waals surface area contributed by atoms with Crippen molar-refractivity contribution in [2.24, 2.45) is 5.73 Å². The molecule has 1 atom stereocenters. The lowest BCUT2D eigenvalue weighted by Crippen LogP contribution is -2.28. The van der Waals surface area contributed by atoms with Crippen LogP contribution in [0.4, 0.5) is 0 Å².